The van der Waals surface area contributed by atoms with Gasteiger partial charge in [0.25, 0.3) is 0 Å². The summed E-state index contributed by atoms with van der Waals surface area (Å²) in [7, 11) is 0. The Labute approximate surface area is 105 Å². The highest BCUT2D eigenvalue weighted by atomic mass is 16.4. The molecule has 0 saturated carbocycles. The summed E-state index contributed by atoms with van der Waals surface area (Å²) in [6.07, 6.45) is 0.385. The van der Waals surface area contributed by atoms with E-state index in [0.717, 1.165) is 13.1 Å². The highest BCUT2D eigenvalue weighted by molar-refractivity contribution is 6.05. The van der Waals surface area contributed by atoms with Crippen LogP contribution in [0.25, 0.3) is 0 Å². The first-order valence-electron chi connectivity index (χ1n) is 6.08. The molecule has 2 amide bonds. The zero-order valence-corrected chi connectivity index (χ0v) is 10.1. The largest absolute Gasteiger partial charge is 0.481 e. The average Bonchev–Trinajstić information content (AvgIpc) is 2.66. The molecule has 18 heavy (non-hydrogen) atoms. The number of carbonyl (C=O) groups is 3. The molecule has 0 spiro atoms. The SMILES string of the molecule is O=C(O)CCN1CCN(C2CC(=O)NC2=O)CC1. The van der Waals surface area contributed by atoms with Crippen molar-refractivity contribution in [2.24, 2.45) is 0 Å². The number of aliphatic carboxylic acids is 1. The number of carbonyl (C=O) groups excluding carboxylic acids is 2. The number of imide groups is 1. The van der Waals surface area contributed by atoms with Crippen molar-refractivity contribution >= 4 is 17.8 Å². The van der Waals surface area contributed by atoms with Gasteiger partial charge in [0.05, 0.1) is 18.9 Å². The molecule has 7 heteroatoms. The number of carboxylic acid groups (broad SMARTS) is 1. The molecule has 100 valence electrons. The normalized spacial score (nSPS) is 26.3. The van der Waals surface area contributed by atoms with Gasteiger partial charge >= 0.3 is 5.97 Å². The fourth-order valence-electron chi connectivity index (χ4n) is 2.39. The maximum absolute atomic E-state index is 11.5. The second-order valence-electron chi connectivity index (χ2n) is 4.65. The molecular weight excluding hydrogens is 238 g/mol. The first-order valence-corrected chi connectivity index (χ1v) is 6.08. The topological polar surface area (TPSA) is 89.9 Å². The maximum Gasteiger partial charge on any atom is 0.304 e. The molecule has 1 unspecified atom stereocenters. The molecular formula is C11H17N3O4. The van der Waals surface area contributed by atoms with Gasteiger partial charge in [-0.1, -0.05) is 0 Å². The number of amides is 2. The number of nitrogens with zero attached hydrogens (tertiary/aromatic N) is 2. The third-order valence-electron chi connectivity index (χ3n) is 3.43. The van der Waals surface area contributed by atoms with Gasteiger partial charge in [-0.15, -0.1) is 0 Å². The van der Waals surface area contributed by atoms with Gasteiger partial charge in [0.2, 0.25) is 11.8 Å². The molecule has 0 bridgehead atoms. The Bertz CT molecular complexity index is 363. The molecule has 0 aromatic heterocycles. The van der Waals surface area contributed by atoms with Crippen LogP contribution in [-0.2, 0) is 14.4 Å². The second-order valence-corrected chi connectivity index (χ2v) is 4.65. The van der Waals surface area contributed by atoms with Gasteiger partial charge in [0, 0.05) is 32.7 Å². The van der Waals surface area contributed by atoms with Crippen molar-refractivity contribution in [1.82, 2.24) is 15.1 Å². The van der Waals surface area contributed by atoms with Gasteiger partial charge < -0.3 is 10.0 Å². The molecule has 0 aromatic rings. The van der Waals surface area contributed by atoms with Crippen molar-refractivity contribution in [3.8, 4) is 0 Å². The Kier molecular flexibility index (Phi) is 3.93. The molecule has 2 heterocycles. The summed E-state index contributed by atoms with van der Waals surface area (Å²) in [5, 5.41) is 10.9. The first-order chi connectivity index (χ1) is 8.56. The number of hydrogen-bond acceptors (Lipinski definition) is 5. The lowest BCUT2D eigenvalue weighted by molar-refractivity contribution is -0.137. The number of nitrogens with one attached hydrogen (secondary N) is 1. The van der Waals surface area contributed by atoms with Crippen LogP contribution in [0.2, 0.25) is 0 Å². The smallest absolute Gasteiger partial charge is 0.304 e. The average molecular weight is 255 g/mol. The summed E-state index contributed by atoms with van der Waals surface area (Å²) in [6.45, 7) is 3.42. The highest BCUT2D eigenvalue weighted by Crippen LogP contribution is 2.13. The van der Waals surface area contributed by atoms with Crippen LogP contribution in [0.15, 0.2) is 0 Å². The highest BCUT2D eigenvalue weighted by Gasteiger charge is 2.36. The van der Waals surface area contributed by atoms with Crippen LogP contribution in [0.3, 0.4) is 0 Å². The van der Waals surface area contributed by atoms with E-state index >= 15 is 0 Å². The van der Waals surface area contributed by atoms with Crippen molar-refractivity contribution < 1.29 is 19.5 Å². The third-order valence-corrected chi connectivity index (χ3v) is 3.43. The fraction of sp³-hybridized carbons (Fsp3) is 0.727. The van der Waals surface area contributed by atoms with E-state index in [1.807, 2.05) is 4.90 Å². The maximum atomic E-state index is 11.5. The minimum atomic E-state index is -0.793. The van der Waals surface area contributed by atoms with E-state index in [0.29, 0.717) is 19.6 Å². The van der Waals surface area contributed by atoms with Crippen molar-refractivity contribution in [2.45, 2.75) is 18.9 Å². The third kappa shape index (κ3) is 3.05. The van der Waals surface area contributed by atoms with Crippen LogP contribution < -0.4 is 5.32 Å². The Balaban J connectivity index is 1.78. The first kappa shape index (κ1) is 13.0. The molecule has 0 radical (unpaired) electrons. The fourth-order valence-corrected chi connectivity index (χ4v) is 2.39. The Morgan fingerprint density at radius 1 is 1.28 bits per heavy atom. The van der Waals surface area contributed by atoms with Gasteiger partial charge in [0.1, 0.15) is 0 Å². The zero-order valence-electron chi connectivity index (χ0n) is 10.1. The molecule has 2 aliphatic rings. The van der Waals surface area contributed by atoms with Gasteiger partial charge in [-0.05, 0) is 0 Å². The summed E-state index contributed by atoms with van der Waals surface area (Å²) in [5.74, 6) is -1.21. The minimum Gasteiger partial charge on any atom is -0.481 e. The Hall–Kier alpha value is -1.47. The summed E-state index contributed by atoms with van der Waals surface area (Å²) in [4.78, 5) is 37.2. The monoisotopic (exact) mass is 255 g/mol. The number of piperazine rings is 1. The Morgan fingerprint density at radius 2 is 1.94 bits per heavy atom. The standard InChI is InChI=1S/C11H17N3O4/c15-9-7-8(11(18)12-9)14-5-3-13(4-6-14)2-1-10(16)17/h8H,1-7H2,(H,16,17)(H,12,15,18). The quantitative estimate of drug-likeness (QED) is 0.594. The summed E-state index contributed by atoms with van der Waals surface area (Å²) >= 11 is 0. The number of rotatable bonds is 4. The van der Waals surface area contributed by atoms with E-state index in [1.54, 1.807) is 0 Å². The Morgan fingerprint density at radius 3 is 2.44 bits per heavy atom. The van der Waals surface area contributed by atoms with E-state index < -0.39 is 5.97 Å². The van der Waals surface area contributed by atoms with E-state index in [4.69, 9.17) is 5.11 Å². The summed E-state index contributed by atoms with van der Waals surface area (Å²) in [5.41, 5.74) is 0. The van der Waals surface area contributed by atoms with Crippen molar-refractivity contribution in [3.63, 3.8) is 0 Å². The van der Waals surface area contributed by atoms with Crippen molar-refractivity contribution in [1.29, 1.82) is 0 Å². The molecule has 2 rings (SSSR count). The number of hydrogen-bond donors (Lipinski definition) is 2. The number of carboxylic acids is 1. The zero-order chi connectivity index (χ0) is 13.1. The van der Waals surface area contributed by atoms with E-state index in [2.05, 4.69) is 10.2 Å². The van der Waals surface area contributed by atoms with Crippen LogP contribution in [0.1, 0.15) is 12.8 Å². The molecule has 7 nitrogen and oxygen atoms in total. The van der Waals surface area contributed by atoms with Gasteiger partial charge in [-0.2, -0.15) is 0 Å². The van der Waals surface area contributed by atoms with Gasteiger partial charge in [0.15, 0.2) is 0 Å². The van der Waals surface area contributed by atoms with Crippen LogP contribution >= 0.6 is 0 Å². The van der Waals surface area contributed by atoms with Crippen LogP contribution in [-0.4, -0.2) is 71.5 Å². The van der Waals surface area contributed by atoms with E-state index in [1.165, 1.54) is 0 Å². The minimum absolute atomic E-state index is 0.141. The van der Waals surface area contributed by atoms with Crippen LogP contribution in [0, 0.1) is 0 Å². The molecule has 2 N–H and O–H groups in total. The molecule has 2 saturated heterocycles. The molecule has 0 aromatic carbocycles. The molecule has 0 aliphatic carbocycles. The van der Waals surface area contributed by atoms with Crippen LogP contribution in [0.5, 0.6) is 0 Å². The van der Waals surface area contributed by atoms with Gasteiger partial charge in [-0.25, -0.2) is 0 Å². The van der Waals surface area contributed by atoms with Gasteiger partial charge in [-0.3, -0.25) is 24.6 Å². The predicted octanol–water partition coefficient (Wildman–Crippen LogP) is -1.51. The second kappa shape index (κ2) is 5.45. The molecule has 2 aliphatic heterocycles. The molecule has 1 atom stereocenters. The van der Waals surface area contributed by atoms with Crippen molar-refractivity contribution in [2.75, 3.05) is 32.7 Å². The van der Waals surface area contributed by atoms with E-state index in [9.17, 15) is 14.4 Å². The van der Waals surface area contributed by atoms with Crippen LogP contribution in [0.4, 0.5) is 0 Å². The summed E-state index contributed by atoms with van der Waals surface area (Å²) < 4.78 is 0. The lowest BCUT2D eigenvalue weighted by Crippen LogP contribution is -2.52. The lowest BCUT2D eigenvalue weighted by atomic mass is 10.1. The van der Waals surface area contributed by atoms with E-state index in [-0.39, 0.29) is 30.7 Å². The molecule has 2 fully saturated rings. The lowest BCUT2D eigenvalue weighted by Gasteiger charge is -2.36. The van der Waals surface area contributed by atoms with Crippen molar-refractivity contribution in [3.05, 3.63) is 0 Å². The summed E-state index contributed by atoms with van der Waals surface area (Å²) in [6, 6.07) is -0.334. The predicted molar refractivity (Wildman–Crippen MR) is 61.8 cm³/mol.